The minimum Gasteiger partial charge on any atom is -0.462 e. The number of aliphatic hydroxyl groups excluding tert-OH is 1. The molecule has 5 atom stereocenters. The molecule has 0 amide bonds. The summed E-state index contributed by atoms with van der Waals surface area (Å²) in [5, 5.41) is 9.74. The van der Waals surface area contributed by atoms with Crippen LogP contribution < -0.4 is 0 Å². The number of phosphoric ester groups is 2. The number of aliphatic hydroxyl groups is 1. The van der Waals surface area contributed by atoms with Crippen LogP contribution in [0.2, 0.25) is 0 Å². The van der Waals surface area contributed by atoms with E-state index in [0.717, 1.165) is 57.8 Å². The van der Waals surface area contributed by atoms with Gasteiger partial charge in [0, 0.05) is 12.8 Å². The Morgan fingerprint density at radius 3 is 1.83 bits per heavy atom. The Bertz CT molecular complexity index is 1280. The average molecular weight is 865 g/mol. The zero-order chi connectivity index (χ0) is 42.7. The number of ether oxygens (including phenoxy) is 3. The van der Waals surface area contributed by atoms with Crippen molar-refractivity contribution in [2.75, 3.05) is 26.4 Å². The summed E-state index contributed by atoms with van der Waals surface area (Å²) in [6, 6.07) is 0. The highest BCUT2D eigenvalue weighted by Crippen LogP contribution is 2.44. The van der Waals surface area contributed by atoms with Crippen molar-refractivity contribution in [3.63, 3.8) is 0 Å². The van der Waals surface area contributed by atoms with Crippen LogP contribution in [0.25, 0.3) is 0 Å². The van der Waals surface area contributed by atoms with Crippen LogP contribution in [0.3, 0.4) is 0 Å². The van der Waals surface area contributed by atoms with E-state index in [9.17, 15) is 28.7 Å². The molecule has 0 radical (unpaired) electrons. The number of unbranched alkanes of at least 4 members (excludes halogenated alkanes) is 12. The molecule has 1 aliphatic rings. The van der Waals surface area contributed by atoms with Gasteiger partial charge < -0.3 is 34.0 Å². The Morgan fingerprint density at radius 2 is 1.14 bits per heavy atom. The van der Waals surface area contributed by atoms with Crippen molar-refractivity contribution >= 4 is 27.6 Å². The van der Waals surface area contributed by atoms with Crippen LogP contribution >= 0.6 is 15.6 Å². The molecule has 3 unspecified atom stereocenters. The molecule has 1 aliphatic heterocycles. The quantitative estimate of drug-likeness (QED) is 0.0149. The predicted octanol–water partition coefficient (Wildman–Crippen LogP) is 9.66. The summed E-state index contributed by atoms with van der Waals surface area (Å²) in [6.45, 7) is 1.63. The first kappa shape index (κ1) is 54.1. The van der Waals surface area contributed by atoms with Crippen molar-refractivity contribution in [3.05, 3.63) is 48.6 Å². The second kappa shape index (κ2) is 34.7. The third-order valence-electron chi connectivity index (χ3n) is 9.10. The van der Waals surface area contributed by atoms with Crippen LogP contribution in [0.5, 0.6) is 0 Å². The molecule has 0 bridgehead atoms. The van der Waals surface area contributed by atoms with E-state index in [-0.39, 0.29) is 12.8 Å². The second-order valence-corrected chi connectivity index (χ2v) is 17.3. The fraction of sp³-hybridized carbons (Fsp3) is 0.762. The molecule has 14 nitrogen and oxygen atoms in total. The van der Waals surface area contributed by atoms with Gasteiger partial charge >= 0.3 is 27.6 Å². The first-order valence-corrected chi connectivity index (χ1v) is 24.5. The molecule has 16 heteroatoms. The van der Waals surface area contributed by atoms with Crippen molar-refractivity contribution in [2.45, 2.75) is 180 Å². The lowest BCUT2D eigenvalue weighted by atomic mass is 10.1. The summed E-state index contributed by atoms with van der Waals surface area (Å²) < 4.78 is 53.4. The first-order valence-electron chi connectivity index (χ1n) is 21.5. The molecule has 1 saturated heterocycles. The summed E-state index contributed by atoms with van der Waals surface area (Å²) in [7, 11) is -9.69. The van der Waals surface area contributed by atoms with Crippen molar-refractivity contribution in [1.82, 2.24) is 0 Å². The SMILES string of the molecule is CCCCCC/C=C\CCCCCCCC(=O)O[C@H](COC(=O)CCC/C=C\C/C=C\C/C=C\CC1OC1CCCCC)COP(=O)(O)OC[C@@H](O)COP(=O)(O)O. The van der Waals surface area contributed by atoms with Crippen LogP contribution in [0.4, 0.5) is 0 Å². The molecule has 0 aromatic heterocycles. The third kappa shape index (κ3) is 34.9. The van der Waals surface area contributed by atoms with Crippen molar-refractivity contribution in [1.29, 1.82) is 0 Å². The van der Waals surface area contributed by atoms with Gasteiger partial charge in [-0.1, -0.05) is 120 Å². The molecule has 336 valence electrons. The molecular weight excluding hydrogens is 790 g/mol. The van der Waals surface area contributed by atoms with Gasteiger partial charge in [0.1, 0.15) is 12.7 Å². The lowest BCUT2D eigenvalue weighted by Crippen LogP contribution is -2.30. The van der Waals surface area contributed by atoms with E-state index in [1.54, 1.807) is 0 Å². The van der Waals surface area contributed by atoms with Gasteiger partial charge in [-0.05, 0) is 70.6 Å². The van der Waals surface area contributed by atoms with Gasteiger partial charge in [0.15, 0.2) is 6.10 Å². The summed E-state index contributed by atoms with van der Waals surface area (Å²) >= 11 is 0. The highest BCUT2D eigenvalue weighted by Gasteiger charge is 2.36. The number of hydrogen-bond donors (Lipinski definition) is 4. The molecule has 58 heavy (non-hydrogen) atoms. The standard InChI is InChI=1S/C42H74O14P2/c1-3-5-7-8-9-10-11-12-13-18-21-24-28-32-42(45)55-38(36-54-58(49,50)53-34-37(43)33-52-57(46,47)48)35-51-41(44)31-27-23-20-17-15-14-16-19-22-26-30-40-39(56-40)29-25-6-4-2/h10-11,14,16-17,20,22,26,37-40,43H,3-9,12-13,15,18-19,21,23-25,27-36H2,1-2H3,(H,49,50)(H2,46,47,48)/b11-10-,16-14-,20-17-,26-22-/t37-,38+,39?,40?/m0/s1. The number of rotatable bonds is 39. The largest absolute Gasteiger partial charge is 0.472 e. The van der Waals surface area contributed by atoms with Crippen molar-refractivity contribution in [2.24, 2.45) is 0 Å². The van der Waals surface area contributed by atoms with Crippen LogP contribution in [0, 0.1) is 0 Å². The Kier molecular flexibility index (Phi) is 32.4. The van der Waals surface area contributed by atoms with E-state index in [1.165, 1.54) is 51.4 Å². The predicted molar refractivity (Wildman–Crippen MR) is 225 cm³/mol. The van der Waals surface area contributed by atoms with E-state index in [2.05, 4.69) is 59.4 Å². The molecule has 1 rings (SSSR count). The third-order valence-corrected chi connectivity index (χ3v) is 10.5. The number of epoxide rings is 1. The molecule has 0 saturated carbocycles. The van der Waals surface area contributed by atoms with Crippen LogP contribution in [0.15, 0.2) is 48.6 Å². The van der Waals surface area contributed by atoms with Gasteiger partial charge in [-0.15, -0.1) is 0 Å². The summed E-state index contributed by atoms with van der Waals surface area (Å²) in [5.74, 6) is -1.11. The molecule has 1 fully saturated rings. The van der Waals surface area contributed by atoms with E-state index in [4.69, 9.17) is 28.5 Å². The molecular formula is C42H74O14P2. The zero-order valence-corrected chi connectivity index (χ0v) is 36.9. The summed E-state index contributed by atoms with van der Waals surface area (Å²) in [5.41, 5.74) is 0. The molecule has 0 aromatic rings. The van der Waals surface area contributed by atoms with E-state index in [1.807, 2.05) is 12.2 Å². The van der Waals surface area contributed by atoms with Crippen LogP contribution in [-0.2, 0) is 46.5 Å². The number of allylic oxidation sites excluding steroid dienone is 7. The Morgan fingerprint density at radius 1 is 0.603 bits per heavy atom. The number of carbonyl (C=O) groups is 2. The van der Waals surface area contributed by atoms with Gasteiger partial charge in [-0.2, -0.15) is 0 Å². The molecule has 1 heterocycles. The molecule has 0 spiro atoms. The van der Waals surface area contributed by atoms with Gasteiger partial charge in [0.25, 0.3) is 0 Å². The fourth-order valence-electron chi connectivity index (χ4n) is 5.72. The Labute approximate surface area is 347 Å². The topological polar surface area (TPSA) is 208 Å². The maximum absolute atomic E-state index is 12.6. The van der Waals surface area contributed by atoms with Crippen molar-refractivity contribution < 1.29 is 66.3 Å². The smallest absolute Gasteiger partial charge is 0.462 e. The molecule has 4 N–H and O–H groups in total. The van der Waals surface area contributed by atoms with Crippen LogP contribution in [-0.4, -0.2) is 82.6 Å². The van der Waals surface area contributed by atoms with Gasteiger partial charge in [0.2, 0.25) is 0 Å². The van der Waals surface area contributed by atoms with Gasteiger partial charge in [0.05, 0.1) is 32.0 Å². The minimum atomic E-state index is -4.87. The first-order chi connectivity index (χ1) is 27.8. The Hall–Kier alpha value is -1.96. The maximum Gasteiger partial charge on any atom is 0.472 e. The maximum atomic E-state index is 12.6. The summed E-state index contributed by atoms with van der Waals surface area (Å²) in [6.07, 6.45) is 35.7. The van der Waals surface area contributed by atoms with Crippen molar-refractivity contribution in [3.8, 4) is 0 Å². The lowest BCUT2D eigenvalue weighted by molar-refractivity contribution is -0.161. The van der Waals surface area contributed by atoms with E-state index >= 15 is 0 Å². The number of phosphoric acid groups is 2. The monoisotopic (exact) mass is 864 g/mol. The number of hydrogen-bond acceptors (Lipinski definition) is 11. The average Bonchev–Trinajstić information content (AvgIpc) is 3.94. The van der Waals surface area contributed by atoms with E-state index < -0.39 is 66.2 Å². The van der Waals surface area contributed by atoms with Gasteiger partial charge in [-0.25, -0.2) is 9.13 Å². The highest BCUT2D eigenvalue weighted by molar-refractivity contribution is 7.47. The second-order valence-electron chi connectivity index (χ2n) is 14.6. The summed E-state index contributed by atoms with van der Waals surface area (Å²) in [4.78, 5) is 52.6. The number of carbonyl (C=O) groups excluding carboxylic acids is 2. The molecule has 0 aromatic carbocycles. The Balaban J connectivity index is 2.40. The normalized spacial score (nSPS) is 18.0. The lowest BCUT2D eigenvalue weighted by Gasteiger charge is -2.20. The fourth-order valence-corrected chi connectivity index (χ4v) is 6.88. The zero-order valence-electron chi connectivity index (χ0n) is 35.1. The van der Waals surface area contributed by atoms with Gasteiger partial charge in [-0.3, -0.25) is 23.2 Å². The number of esters is 2. The molecule has 0 aliphatic carbocycles. The minimum absolute atomic E-state index is 0.106. The van der Waals surface area contributed by atoms with Crippen LogP contribution in [0.1, 0.15) is 155 Å². The highest BCUT2D eigenvalue weighted by atomic mass is 31.2. The van der Waals surface area contributed by atoms with E-state index in [0.29, 0.717) is 31.5 Å².